The molecule has 0 aliphatic carbocycles. The predicted octanol–water partition coefficient (Wildman–Crippen LogP) is 2.01. The van der Waals surface area contributed by atoms with Crippen molar-refractivity contribution in [3.63, 3.8) is 0 Å². The second-order valence-corrected chi connectivity index (χ2v) is 4.01. The van der Waals surface area contributed by atoms with Crippen molar-refractivity contribution < 1.29 is 13.5 Å². The van der Waals surface area contributed by atoms with Crippen LogP contribution in [0.15, 0.2) is 30.3 Å². The first kappa shape index (κ1) is 13.4. The molecule has 1 heterocycles. The molecular formula is C13H13F2N3O. The maximum Gasteiger partial charge on any atom is 0.233 e. The summed E-state index contributed by atoms with van der Waals surface area (Å²) in [5.74, 6) is -0.873. The van der Waals surface area contributed by atoms with Crippen LogP contribution in [0.25, 0.3) is 0 Å². The van der Waals surface area contributed by atoms with Gasteiger partial charge in [-0.05, 0) is 24.6 Å². The lowest BCUT2D eigenvalue weighted by atomic mass is 10.0. The molecule has 0 fully saturated rings. The molecule has 0 bridgehead atoms. The Morgan fingerprint density at radius 3 is 2.37 bits per heavy atom. The smallest absolute Gasteiger partial charge is 0.233 e. The minimum Gasteiger partial charge on any atom is -0.480 e. The molecule has 19 heavy (non-hydrogen) atoms. The van der Waals surface area contributed by atoms with Crippen molar-refractivity contribution in [2.24, 2.45) is 5.73 Å². The lowest BCUT2D eigenvalue weighted by Gasteiger charge is -2.12. The number of rotatable bonds is 4. The third-order valence-electron chi connectivity index (χ3n) is 2.74. The van der Waals surface area contributed by atoms with E-state index in [2.05, 4.69) is 10.2 Å². The molecule has 2 aromatic rings. The van der Waals surface area contributed by atoms with Crippen LogP contribution in [0.2, 0.25) is 0 Å². The van der Waals surface area contributed by atoms with Crippen molar-refractivity contribution in [1.82, 2.24) is 10.2 Å². The molecule has 6 heteroatoms. The average Bonchev–Trinajstić information content (AvgIpc) is 2.43. The zero-order chi connectivity index (χ0) is 13.8. The highest BCUT2D eigenvalue weighted by atomic mass is 19.1. The first-order valence-electron chi connectivity index (χ1n) is 5.68. The van der Waals surface area contributed by atoms with Gasteiger partial charge in [-0.15, -0.1) is 5.10 Å². The number of benzene rings is 1. The topological polar surface area (TPSA) is 61.0 Å². The van der Waals surface area contributed by atoms with Gasteiger partial charge in [0, 0.05) is 11.6 Å². The van der Waals surface area contributed by atoms with E-state index in [1.807, 2.05) is 0 Å². The summed E-state index contributed by atoms with van der Waals surface area (Å²) in [6.07, 6.45) is 0.0134. The summed E-state index contributed by atoms with van der Waals surface area (Å²) in [5, 5.41) is 7.63. The van der Waals surface area contributed by atoms with E-state index in [-0.39, 0.29) is 12.0 Å². The highest BCUT2D eigenvalue weighted by Crippen LogP contribution is 2.19. The quantitative estimate of drug-likeness (QED) is 0.918. The van der Waals surface area contributed by atoms with Crippen LogP contribution in [0, 0.1) is 11.6 Å². The van der Waals surface area contributed by atoms with Crippen LogP contribution in [0.4, 0.5) is 8.78 Å². The fraction of sp³-hybridized carbons (Fsp3) is 0.231. The maximum atomic E-state index is 13.5. The van der Waals surface area contributed by atoms with E-state index in [1.165, 1.54) is 25.3 Å². The van der Waals surface area contributed by atoms with Crippen LogP contribution in [-0.2, 0) is 6.42 Å². The van der Waals surface area contributed by atoms with Crippen LogP contribution in [0.1, 0.15) is 17.3 Å². The molecule has 2 N–H and O–H groups in total. The minimum atomic E-state index is -0.634. The summed E-state index contributed by atoms with van der Waals surface area (Å²) in [6, 6.07) is 6.29. The lowest BCUT2D eigenvalue weighted by molar-refractivity contribution is 0.390. The Morgan fingerprint density at radius 2 is 1.84 bits per heavy atom. The van der Waals surface area contributed by atoms with E-state index in [0.29, 0.717) is 11.6 Å². The maximum absolute atomic E-state index is 13.5. The summed E-state index contributed by atoms with van der Waals surface area (Å²) in [4.78, 5) is 0. The number of nitrogens with zero attached hydrogens (tertiary/aromatic N) is 2. The van der Waals surface area contributed by atoms with E-state index in [0.717, 1.165) is 0 Å². The SMILES string of the molecule is COc1ccc(C(N)Cc2c(F)cccc2F)nn1. The molecule has 0 aliphatic heterocycles. The van der Waals surface area contributed by atoms with Gasteiger partial charge >= 0.3 is 0 Å². The number of ether oxygens (including phenoxy) is 1. The Morgan fingerprint density at radius 1 is 1.16 bits per heavy atom. The number of methoxy groups -OCH3 is 1. The molecule has 1 atom stereocenters. The second-order valence-electron chi connectivity index (χ2n) is 4.01. The molecule has 1 aromatic heterocycles. The molecule has 4 nitrogen and oxygen atoms in total. The normalized spacial score (nSPS) is 12.2. The summed E-state index contributed by atoms with van der Waals surface area (Å²) >= 11 is 0. The third kappa shape index (κ3) is 3.03. The van der Waals surface area contributed by atoms with Gasteiger partial charge in [-0.1, -0.05) is 6.07 Å². The summed E-state index contributed by atoms with van der Waals surface area (Å²) < 4.78 is 31.9. The van der Waals surface area contributed by atoms with Crippen molar-refractivity contribution in [3.8, 4) is 5.88 Å². The van der Waals surface area contributed by atoms with Gasteiger partial charge in [-0.25, -0.2) is 8.78 Å². The van der Waals surface area contributed by atoms with Crippen LogP contribution >= 0.6 is 0 Å². The van der Waals surface area contributed by atoms with Crippen molar-refractivity contribution in [2.75, 3.05) is 7.11 Å². The fourth-order valence-corrected chi connectivity index (χ4v) is 1.69. The van der Waals surface area contributed by atoms with E-state index < -0.39 is 17.7 Å². The van der Waals surface area contributed by atoms with Gasteiger partial charge in [0.05, 0.1) is 18.8 Å². The van der Waals surface area contributed by atoms with Crippen molar-refractivity contribution in [1.29, 1.82) is 0 Å². The molecule has 0 spiro atoms. The van der Waals surface area contributed by atoms with E-state index >= 15 is 0 Å². The minimum absolute atomic E-state index is 0.0134. The molecule has 0 saturated heterocycles. The van der Waals surface area contributed by atoms with Gasteiger partial charge in [0.1, 0.15) is 11.6 Å². The number of hydrogen-bond donors (Lipinski definition) is 1. The molecular weight excluding hydrogens is 252 g/mol. The van der Waals surface area contributed by atoms with Crippen LogP contribution < -0.4 is 10.5 Å². The summed E-state index contributed by atoms with van der Waals surface area (Å²) in [7, 11) is 1.47. The van der Waals surface area contributed by atoms with E-state index in [1.54, 1.807) is 12.1 Å². The number of hydrogen-bond acceptors (Lipinski definition) is 4. The number of nitrogens with two attached hydrogens (primary N) is 1. The van der Waals surface area contributed by atoms with Gasteiger partial charge in [-0.2, -0.15) is 5.10 Å². The summed E-state index contributed by atoms with van der Waals surface area (Å²) in [6.45, 7) is 0. The van der Waals surface area contributed by atoms with Crippen molar-refractivity contribution in [2.45, 2.75) is 12.5 Å². The van der Waals surface area contributed by atoms with Crippen LogP contribution in [-0.4, -0.2) is 17.3 Å². The Balaban J connectivity index is 2.18. The highest BCUT2D eigenvalue weighted by molar-refractivity contribution is 5.23. The molecule has 0 radical (unpaired) electrons. The average molecular weight is 265 g/mol. The molecule has 0 amide bonds. The Kier molecular flexibility index (Phi) is 4.01. The Bertz CT molecular complexity index is 540. The fourth-order valence-electron chi connectivity index (χ4n) is 1.69. The predicted molar refractivity (Wildman–Crippen MR) is 65.6 cm³/mol. The van der Waals surface area contributed by atoms with Gasteiger partial charge < -0.3 is 10.5 Å². The standard InChI is InChI=1S/C13H13F2N3O/c1-19-13-6-5-12(17-18-13)11(16)7-8-9(14)3-2-4-10(8)15/h2-6,11H,7,16H2,1H3. The largest absolute Gasteiger partial charge is 0.480 e. The van der Waals surface area contributed by atoms with Crippen molar-refractivity contribution in [3.05, 3.63) is 53.2 Å². The molecule has 1 unspecified atom stereocenters. The van der Waals surface area contributed by atoms with Gasteiger partial charge in [-0.3, -0.25) is 0 Å². The van der Waals surface area contributed by atoms with Crippen LogP contribution in [0.5, 0.6) is 5.88 Å². The second kappa shape index (κ2) is 5.71. The third-order valence-corrected chi connectivity index (χ3v) is 2.74. The number of halogens is 2. The zero-order valence-corrected chi connectivity index (χ0v) is 10.3. The Labute approximate surface area is 109 Å². The Hall–Kier alpha value is -2.08. The van der Waals surface area contributed by atoms with Gasteiger partial charge in [0.2, 0.25) is 5.88 Å². The monoisotopic (exact) mass is 265 g/mol. The van der Waals surface area contributed by atoms with Gasteiger partial charge in [0.15, 0.2) is 0 Å². The lowest BCUT2D eigenvalue weighted by Crippen LogP contribution is -2.17. The molecule has 0 saturated carbocycles. The molecule has 2 rings (SSSR count). The molecule has 100 valence electrons. The summed E-state index contributed by atoms with van der Waals surface area (Å²) in [5.41, 5.74) is 6.28. The number of aromatic nitrogens is 2. The first-order chi connectivity index (χ1) is 9.11. The zero-order valence-electron chi connectivity index (χ0n) is 10.3. The van der Waals surface area contributed by atoms with Crippen LogP contribution in [0.3, 0.4) is 0 Å². The first-order valence-corrected chi connectivity index (χ1v) is 5.68. The molecule has 1 aromatic carbocycles. The highest BCUT2D eigenvalue weighted by Gasteiger charge is 2.15. The van der Waals surface area contributed by atoms with E-state index in [9.17, 15) is 8.78 Å². The molecule has 0 aliphatic rings. The van der Waals surface area contributed by atoms with E-state index in [4.69, 9.17) is 10.5 Å². The van der Waals surface area contributed by atoms with Crippen molar-refractivity contribution >= 4 is 0 Å². The van der Waals surface area contributed by atoms with Gasteiger partial charge in [0.25, 0.3) is 0 Å².